The highest BCUT2D eigenvalue weighted by atomic mass is 16.6. The lowest BCUT2D eigenvalue weighted by Gasteiger charge is -2.33. The molecule has 4 rings (SSSR count). The summed E-state index contributed by atoms with van der Waals surface area (Å²) in [6.45, 7) is 10.8. The van der Waals surface area contributed by atoms with Gasteiger partial charge in [0, 0.05) is 38.2 Å². The van der Waals surface area contributed by atoms with Gasteiger partial charge in [0.1, 0.15) is 22.8 Å². The van der Waals surface area contributed by atoms with Crippen molar-refractivity contribution in [2.45, 2.75) is 51.9 Å². The molecular weight excluding hydrogens is 436 g/mol. The summed E-state index contributed by atoms with van der Waals surface area (Å²) in [5.74, 6) is 0.746. The molecule has 2 aromatic heterocycles. The van der Waals surface area contributed by atoms with Crippen LogP contribution in [0.4, 0.5) is 10.7 Å². The van der Waals surface area contributed by atoms with Crippen LogP contribution in [0.5, 0.6) is 5.75 Å². The summed E-state index contributed by atoms with van der Waals surface area (Å²) < 4.78 is 14.9. The molecule has 0 atom stereocenters. The molecule has 0 radical (unpaired) electrons. The number of nitrogens with zero attached hydrogens (tertiary/aromatic N) is 5. The number of anilines is 1. The lowest BCUT2D eigenvalue weighted by molar-refractivity contribution is 0.0126. The second kappa shape index (κ2) is 9.20. The van der Waals surface area contributed by atoms with Crippen LogP contribution >= 0.6 is 0 Å². The first-order valence-corrected chi connectivity index (χ1v) is 11.3. The SMILES string of the molecule is C=CCn1c(=O)c2cnc(N)nc2n1-c1cccc(OC2CCN(C(=O)OC(C)(C)C)CC2)c1. The topological polar surface area (TPSA) is 117 Å². The van der Waals surface area contributed by atoms with Crippen LogP contribution in [0.1, 0.15) is 33.6 Å². The number of benzene rings is 1. The van der Waals surface area contributed by atoms with Gasteiger partial charge in [-0.2, -0.15) is 4.98 Å². The maximum Gasteiger partial charge on any atom is 0.410 e. The van der Waals surface area contributed by atoms with Crippen molar-refractivity contribution in [2.75, 3.05) is 18.8 Å². The third kappa shape index (κ3) is 4.90. The average molecular weight is 467 g/mol. The van der Waals surface area contributed by atoms with Crippen LogP contribution in [-0.2, 0) is 11.3 Å². The van der Waals surface area contributed by atoms with Crippen LogP contribution in [0.2, 0.25) is 0 Å². The number of nitrogens with two attached hydrogens (primary N) is 1. The number of carbonyl (C=O) groups excluding carboxylic acids is 1. The minimum atomic E-state index is -0.518. The fourth-order valence-electron chi connectivity index (χ4n) is 3.95. The number of hydrogen-bond acceptors (Lipinski definition) is 7. The molecule has 1 aliphatic rings. The van der Waals surface area contributed by atoms with Gasteiger partial charge in [-0.3, -0.25) is 4.79 Å². The molecule has 180 valence electrons. The summed E-state index contributed by atoms with van der Waals surface area (Å²) in [6.07, 6.45) is 4.14. The number of likely N-dealkylation sites (tertiary alicyclic amines) is 1. The van der Waals surface area contributed by atoms with Crippen molar-refractivity contribution in [3.05, 3.63) is 53.5 Å². The highest BCUT2D eigenvalue weighted by Crippen LogP contribution is 2.24. The Morgan fingerprint density at radius 1 is 1.29 bits per heavy atom. The van der Waals surface area contributed by atoms with Crippen molar-refractivity contribution in [1.82, 2.24) is 24.2 Å². The Morgan fingerprint density at radius 3 is 2.71 bits per heavy atom. The Bertz CT molecular complexity index is 1260. The quantitative estimate of drug-likeness (QED) is 0.574. The minimum absolute atomic E-state index is 0.0383. The smallest absolute Gasteiger partial charge is 0.410 e. The molecule has 0 unspecified atom stereocenters. The molecule has 34 heavy (non-hydrogen) atoms. The number of carbonyl (C=O) groups is 1. The molecule has 3 heterocycles. The first-order chi connectivity index (χ1) is 16.2. The van der Waals surface area contributed by atoms with E-state index in [4.69, 9.17) is 15.2 Å². The fraction of sp³-hybridized carbons (Fsp3) is 0.417. The lowest BCUT2D eigenvalue weighted by atomic mass is 10.1. The highest BCUT2D eigenvalue weighted by Gasteiger charge is 2.27. The highest BCUT2D eigenvalue weighted by molar-refractivity contribution is 5.76. The van der Waals surface area contributed by atoms with Crippen LogP contribution in [-0.4, -0.2) is 55.1 Å². The van der Waals surface area contributed by atoms with E-state index in [1.165, 1.54) is 10.9 Å². The van der Waals surface area contributed by atoms with Gasteiger partial charge in [-0.05, 0) is 32.9 Å². The van der Waals surface area contributed by atoms with Gasteiger partial charge >= 0.3 is 6.09 Å². The van der Waals surface area contributed by atoms with Crippen LogP contribution < -0.4 is 16.0 Å². The van der Waals surface area contributed by atoms with Crippen LogP contribution in [0.15, 0.2) is 47.9 Å². The fourth-order valence-corrected chi connectivity index (χ4v) is 3.95. The number of piperidine rings is 1. The Morgan fingerprint density at radius 2 is 2.03 bits per heavy atom. The molecule has 1 fully saturated rings. The number of aromatic nitrogens is 4. The molecule has 0 saturated carbocycles. The minimum Gasteiger partial charge on any atom is -0.490 e. The van der Waals surface area contributed by atoms with E-state index in [0.717, 1.165) is 0 Å². The molecular formula is C24H30N6O4. The second-order valence-corrected chi connectivity index (χ2v) is 9.24. The first kappa shape index (κ1) is 23.3. The van der Waals surface area contributed by atoms with Crippen molar-refractivity contribution >= 4 is 23.1 Å². The van der Waals surface area contributed by atoms with Crippen LogP contribution in [0.3, 0.4) is 0 Å². The largest absolute Gasteiger partial charge is 0.490 e. The average Bonchev–Trinajstić information content (AvgIpc) is 3.04. The molecule has 1 amide bonds. The number of fused-ring (bicyclic) bond motifs is 1. The molecule has 10 nitrogen and oxygen atoms in total. The first-order valence-electron chi connectivity index (χ1n) is 11.3. The Balaban J connectivity index is 1.54. The molecule has 1 aromatic carbocycles. The van der Waals surface area contributed by atoms with Gasteiger partial charge in [0.2, 0.25) is 5.95 Å². The zero-order chi connectivity index (χ0) is 24.5. The van der Waals surface area contributed by atoms with Gasteiger partial charge in [0.05, 0.1) is 12.2 Å². The molecule has 0 spiro atoms. The Kier molecular flexibility index (Phi) is 6.32. The van der Waals surface area contributed by atoms with Gasteiger partial charge in [-0.15, -0.1) is 6.58 Å². The molecule has 0 bridgehead atoms. The molecule has 1 aliphatic heterocycles. The van der Waals surface area contributed by atoms with Gasteiger partial charge in [0.15, 0.2) is 5.65 Å². The van der Waals surface area contributed by atoms with Crippen molar-refractivity contribution < 1.29 is 14.3 Å². The number of amides is 1. The standard InChI is InChI=1S/C24H30N6O4/c1-5-11-29-21(31)19-15-26-22(25)27-20(19)30(29)16-7-6-8-18(14-16)33-17-9-12-28(13-10-17)23(32)34-24(2,3)4/h5-8,14-15,17H,1,9-13H2,2-4H3,(H2,25,26,27). The lowest BCUT2D eigenvalue weighted by Crippen LogP contribution is -2.44. The second-order valence-electron chi connectivity index (χ2n) is 9.24. The zero-order valence-corrected chi connectivity index (χ0v) is 19.7. The predicted octanol–water partition coefficient (Wildman–Crippen LogP) is 3.13. The van der Waals surface area contributed by atoms with E-state index in [9.17, 15) is 9.59 Å². The van der Waals surface area contributed by atoms with Crippen molar-refractivity contribution in [2.24, 2.45) is 0 Å². The van der Waals surface area contributed by atoms with E-state index < -0.39 is 5.60 Å². The van der Waals surface area contributed by atoms with Crippen molar-refractivity contribution in [1.29, 1.82) is 0 Å². The molecule has 2 N–H and O–H groups in total. The third-order valence-electron chi connectivity index (χ3n) is 5.45. The summed E-state index contributed by atoms with van der Waals surface area (Å²) in [4.78, 5) is 35.2. The monoisotopic (exact) mass is 466 g/mol. The van der Waals surface area contributed by atoms with E-state index in [2.05, 4.69) is 16.5 Å². The van der Waals surface area contributed by atoms with Gasteiger partial charge in [-0.1, -0.05) is 12.1 Å². The normalized spacial score (nSPS) is 14.9. The molecule has 1 saturated heterocycles. The number of nitrogen functional groups attached to an aromatic ring is 1. The van der Waals surface area contributed by atoms with Gasteiger partial charge in [0.25, 0.3) is 5.56 Å². The van der Waals surface area contributed by atoms with E-state index in [1.807, 2.05) is 45.0 Å². The number of hydrogen-bond donors (Lipinski definition) is 1. The number of allylic oxidation sites excluding steroid dienone is 1. The summed E-state index contributed by atoms with van der Waals surface area (Å²) >= 11 is 0. The van der Waals surface area contributed by atoms with E-state index in [0.29, 0.717) is 54.9 Å². The van der Waals surface area contributed by atoms with E-state index in [1.54, 1.807) is 15.7 Å². The van der Waals surface area contributed by atoms with Crippen LogP contribution in [0, 0.1) is 0 Å². The molecule has 3 aromatic rings. The zero-order valence-electron chi connectivity index (χ0n) is 19.7. The maximum atomic E-state index is 12.9. The number of ether oxygens (including phenoxy) is 2. The summed E-state index contributed by atoms with van der Waals surface area (Å²) in [5.41, 5.74) is 6.17. The predicted molar refractivity (Wildman–Crippen MR) is 129 cm³/mol. The summed E-state index contributed by atoms with van der Waals surface area (Å²) in [7, 11) is 0. The van der Waals surface area contributed by atoms with Crippen molar-refractivity contribution in [3.63, 3.8) is 0 Å². The van der Waals surface area contributed by atoms with Gasteiger partial charge < -0.3 is 20.1 Å². The maximum absolute atomic E-state index is 12.9. The van der Waals surface area contributed by atoms with E-state index in [-0.39, 0.29) is 23.7 Å². The Hall–Kier alpha value is -3.82. The van der Waals surface area contributed by atoms with Crippen molar-refractivity contribution in [3.8, 4) is 11.4 Å². The Labute approximate surface area is 197 Å². The molecule has 0 aliphatic carbocycles. The van der Waals surface area contributed by atoms with Crippen LogP contribution in [0.25, 0.3) is 16.7 Å². The van der Waals surface area contributed by atoms with Gasteiger partial charge in [-0.25, -0.2) is 19.1 Å². The number of rotatable bonds is 5. The molecule has 10 heteroatoms. The van der Waals surface area contributed by atoms with E-state index >= 15 is 0 Å². The summed E-state index contributed by atoms with van der Waals surface area (Å²) in [6, 6.07) is 7.46. The summed E-state index contributed by atoms with van der Waals surface area (Å²) in [5, 5.41) is 0.372. The third-order valence-corrected chi connectivity index (χ3v) is 5.45.